The first kappa shape index (κ1) is 46.9. The first-order valence-corrected chi connectivity index (χ1v) is 26.2. The van der Waals surface area contributed by atoms with Crippen LogP contribution in [-0.2, 0) is 37.7 Å². The van der Waals surface area contributed by atoms with Gasteiger partial charge in [0.2, 0.25) is 11.8 Å². The second-order valence-electron chi connectivity index (χ2n) is 18.5. The number of unbranched alkanes of at least 4 members (excludes halogenated alkanes) is 1. The van der Waals surface area contributed by atoms with Crippen LogP contribution in [-0.4, -0.2) is 104 Å². The Balaban J connectivity index is 1.18. The number of nitro groups is 1. The SMILES string of the molecule is CCOc1ccc2c(c1)CC(NCCCCO)C(=O)N2c1cccc(CN2C(=O)[C@@]3(O[C@@H](CC(=O)N4CCC[C@H]4CO)[C@H]([Si](C)(C)c4ccc(OC)cc4)[C@H]3C)c3cc([N+](=O)[O-])ccc32)c1. The number of fused-ring (bicyclic) bond motifs is 3. The zero-order valence-corrected chi connectivity index (χ0v) is 39.4. The highest BCUT2D eigenvalue weighted by molar-refractivity contribution is 6.91. The van der Waals surface area contributed by atoms with Crippen LogP contribution in [0, 0.1) is 16.0 Å². The van der Waals surface area contributed by atoms with Crippen LogP contribution < -0.4 is 29.8 Å². The molecule has 0 saturated carbocycles. The Morgan fingerprint density at radius 2 is 1.76 bits per heavy atom. The smallest absolute Gasteiger partial charge is 0.269 e. The van der Waals surface area contributed by atoms with Crippen molar-refractivity contribution in [1.29, 1.82) is 0 Å². The number of anilines is 3. The molecule has 16 heteroatoms. The number of hydrogen-bond donors (Lipinski definition) is 3. The first-order chi connectivity index (χ1) is 31.8. The highest BCUT2D eigenvalue weighted by Gasteiger charge is 2.67. The van der Waals surface area contributed by atoms with Crippen molar-refractivity contribution >= 4 is 53.7 Å². The average molecular weight is 920 g/mol. The minimum Gasteiger partial charge on any atom is -0.497 e. The van der Waals surface area contributed by atoms with E-state index in [4.69, 9.17) is 14.2 Å². The summed E-state index contributed by atoms with van der Waals surface area (Å²) in [5.41, 5.74) is 1.70. The van der Waals surface area contributed by atoms with Crippen molar-refractivity contribution in [1.82, 2.24) is 10.2 Å². The molecule has 3 N–H and O–H groups in total. The summed E-state index contributed by atoms with van der Waals surface area (Å²) in [6.45, 7) is 9.89. The number of likely N-dealkylation sites (tertiary alicyclic amines) is 1. The number of non-ortho nitro benzene ring substituents is 1. The van der Waals surface area contributed by atoms with Crippen LogP contribution in [0.3, 0.4) is 0 Å². The Labute approximate surface area is 386 Å². The Morgan fingerprint density at radius 1 is 1.00 bits per heavy atom. The van der Waals surface area contributed by atoms with Gasteiger partial charge in [-0.25, -0.2) is 0 Å². The molecule has 1 unspecified atom stereocenters. The lowest BCUT2D eigenvalue weighted by Gasteiger charge is -2.37. The fraction of sp³-hybridized carbons (Fsp3) is 0.460. The monoisotopic (exact) mass is 919 g/mol. The number of nitrogens with zero attached hydrogens (tertiary/aromatic N) is 4. The van der Waals surface area contributed by atoms with Gasteiger partial charge in [0.1, 0.15) is 11.5 Å². The highest BCUT2D eigenvalue weighted by Crippen LogP contribution is 2.60. The number of methoxy groups -OCH3 is 1. The zero-order chi connectivity index (χ0) is 46.9. The number of nitro benzene ring substituents is 1. The molecule has 0 aromatic heterocycles. The van der Waals surface area contributed by atoms with Crippen LogP contribution in [0.1, 0.15) is 62.6 Å². The molecule has 2 saturated heterocycles. The summed E-state index contributed by atoms with van der Waals surface area (Å²) in [6, 6.07) is 24.8. The molecule has 0 aliphatic carbocycles. The summed E-state index contributed by atoms with van der Waals surface area (Å²) in [7, 11) is -1.06. The van der Waals surface area contributed by atoms with Crippen molar-refractivity contribution in [2.75, 3.05) is 49.8 Å². The molecule has 2 fully saturated rings. The Kier molecular flexibility index (Phi) is 13.7. The number of benzene rings is 4. The molecule has 4 aliphatic rings. The lowest BCUT2D eigenvalue weighted by molar-refractivity contribution is -0.385. The number of carbonyl (C=O) groups excluding carboxylic acids is 3. The van der Waals surface area contributed by atoms with Gasteiger partial charge in [0.25, 0.3) is 11.6 Å². The fourth-order valence-electron chi connectivity index (χ4n) is 11.1. The summed E-state index contributed by atoms with van der Waals surface area (Å²) in [5.74, 6) is 0.213. The van der Waals surface area contributed by atoms with Crippen molar-refractivity contribution in [2.45, 2.75) is 101 Å². The second-order valence-corrected chi connectivity index (χ2v) is 23.2. The van der Waals surface area contributed by atoms with Gasteiger partial charge in [-0.05, 0) is 111 Å². The van der Waals surface area contributed by atoms with Gasteiger partial charge in [-0.1, -0.05) is 49.5 Å². The van der Waals surface area contributed by atoms with Crippen LogP contribution in [0.15, 0.2) is 84.9 Å². The van der Waals surface area contributed by atoms with E-state index >= 15 is 4.79 Å². The predicted molar refractivity (Wildman–Crippen MR) is 253 cm³/mol. The molecule has 4 heterocycles. The molecule has 1 spiro atoms. The number of nitrogens with one attached hydrogen (secondary N) is 1. The van der Waals surface area contributed by atoms with Gasteiger partial charge in [0, 0.05) is 42.5 Å². The number of hydrogen-bond acceptors (Lipinski definition) is 11. The van der Waals surface area contributed by atoms with E-state index in [0.29, 0.717) is 79.4 Å². The maximum absolute atomic E-state index is 15.6. The summed E-state index contributed by atoms with van der Waals surface area (Å²) >= 11 is 0. The van der Waals surface area contributed by atoms with E-state index in [-0.39, 0.29) is 61.2 Å². The van der Waals surface area contributed by atoms with Gasteiger partial charge >= 0.3 is 0 Å². The number of aliphatic hydroxyl groups is 2. The second kappa shape index (κ2) is 19.3. The lowest BCUT2D eigenvalue weighted by Crippen LogP contribution is -2.52. The van der Waals surface area contributed by atoms with Gasteiger partial charge in [-0.2, -0.15) is 0 Å². The maximum Gasteiger partial charge on any atom is 0.269 e. The van der Waals surface area contributed by atoms with Gasteiger partial charge < -0.3 is 39.5 Å². The fourth-order valence-corrected chi connectivity index (χ4v) is 15.1. The minimum absolute atomic E-state index is 0.0197. The minimum atomic E-state index is -2.67. The number of carbonyl (C=O) groups is 3. The molecule has 4 aromatic rings. The van der Waals surface area contributed by atoms with Gasteiger partial charge in [0.05, 0.1) is 75.8 Å². The average Bonchev–Trinajstić information content (AvgIpc) is 3.98. The standard InChI is InChI=1S/C50H61N5O10Si/c1-6-64-39-17-21-43-34(26-39)27-42(51-22-7-8-24-56)48(59)54(43)35-12-9-11-33(25-35)30-53-44-20-14-36(55(61)62)28-41(44)50(49(53)60)32(2)47(66(4,5)40-18-15-38(63-3)16-19-40)45(65-50)29-46(58)52-23-10-13-37(52)31-57/h9,11-12,14-21,25-26,28,32,37,42,45,47,51,56-57H,6-8,10,13,22-24,27,29-31H2,1-5H3/t32-,37+,42?,45+,47-,50+/m1/s1. The van der Waals surface area contributed by atoms with Crippen molar-refractivity contribution in [3.8, 4) is 11.5 Å². The van der Waals surface area contributed by atoms with E-state index in [1.165, 1.54) is 12.1 Å². The third-order valence-electron chi connectivity index (χ3n) is 14.3. The molecule has 3 amide bonds. The predicted octanol–water partition coefficient (Wildman–Crippen LogP) is 6.09. The molecular formula is C50H61N5O10Si. The van der Waals surface area contributed by atoms with Crippen LogP contribution in [0.25, 0.3) is 0 Å². The van der Waals surface area contributed by atoms with Gasteiger partial charge in [-0.3, -0.25) is 29.4 Å². The third kappa shape index (κ3) is 8.49. The molecule has 0 bridgehead atoms. The molecule has 66 heavy (non-hydrogen) atoms. The van der Waals surface area contributed by atoms with E-state index in [2.05, 4.69) is 18.4 Å². The summed E-state index contributed by atoms with van der Waals surface area (Å²) in [5, 5.41) is 36.4. The van der Waals surface area contributed by atoms with E-state index < -0.39 is 36.7 Å². The number of rotatable bonds is 17. The molecule has 6 atom stereocenters. The molecule has 0 radical (unpaired) electrons. The Hall–Kier alpha value is -5.65. The largest absolute Gasteiger partial charge is 0.497 e. The van der Waals surface area contributed by atoms with Gasteiger partial charge in [0.15, 0.2) is 5.60 Å². The van der Waals surface area contributed by atoms with Crippen LogP contribution in [0.4, 0.5) is 22.7 Å². The summed E-state index contributed by atoms with van der Waals surface area (Å²) < 4.78 is 18.5. The zero-order valence-electron chi connectivity index (χ0n) is 38.4. The molecule has 350 valence electrons. The number of ether oxygens (including phenoxy) is 3. The van der Waals surface area contributed by atoms with Crippen molar-refractivity contribution in [2.24, 2.45) is 5.92 Å². The normalized spacial score (nSPS) is 23.7. The lowest BCUT2D eigenvalue weighted by atomic mass is 9.82. The summed E-state index contributed by atoms with van der Waals surface area (Å²) in [6.07, 6.45) is 2.52. The molecule has 4 aliphatic heterocycles. The maximum atomic E-state index is 15.6. The van der Waals surface area contributed by atoms with Gasteiger partial charge in [-0.15, -0.1) is 0 Å². The Morgan fingerprint density at radius 3 is 2.47 bits per heavy atom. The molecular weight excluding hydrogens is 859 g/mol. The van der Waals surface area contributed by atoms with Crippen molar-refractivity contribution in [3.63, 3.8) is 0 Å². The summed E-state index contributed by atoms with van der Waals surface area (Å²) in [4.78, 5) is 61.3. The van der Waals surface area contributed by atoms with E-state index in [1.54, 1.807) is 27.9 Å². The van der Waals surface area contributed by atoms with Crippen LogP contribution >= 0.6 is 0 Å². The van der Waals surface area contributed by atoms with Crippen LogP contribution in [0.2, 0.25) is 18.6 Å². The molecule has 4 aromatic carbocycles. The van der Waals surface area contributed by atoms with E-state index in [1.807, 2.05) is 80.6 Å². The topological polar surface area (TPSA) is 184 Å². The Bertz CT molecular complexity index is 2470. The quantitative estimate of drug-likeness (QED) is 0.0482. The van der Waals surface area contributed by atoms with Crippen molar-refractivity contribution < 1.29 is 43.7 Å². The van der Waals surface area contributed by atoms with Crippen molar-refractivity contribution in [3.05, 3.63) is 112 Å². The molecule has 8 rings (SSSR count). The highest BCUT2D eigenvalue weighted by atomic mass is 28.3. The van der Waals surface area contributed by atoms with Crippen LogP contribution in [0.5, 0.6) is 11.5 Å². The van der Waals surface area contributed by atoms with E-state index in [9.17, 15) is 29.9 Å². The number of amides is 3. The van der Waals surface area contributed by atoms with E-state index in [0.717, 1.165) is 22.9 Å². The number of aliphatic hydroxyl groups excluding tert-OH is 2. The molecule has 15 nitrogen and oxygen atoms in total. The first-order valence-electron chi connectivity index (χ1n) is 23.1. The third-order valence-corrected chi connectivity index (χ3v) is 18.7.